The fourth-order valence-corrected chi connectivity index (χ4v) is 2.97. The number of rotatable bonds is 6. The molecule has 0 N–H and O–H groups in total. The molecule has 0 aromatic heterocycles. The molecule has 0 unspecified atom stereocenters. The van der Waals surface area contributed by atoms with Crippen LogP contribution in [-0.2, 0) is 4.74 Å². The number of benzene rings is 2. The summed E-state index contributed by atoms with van der Waals surface area (Å²) in [6, 6.07) is 3.98. The Labute approximate surface area is 170 Å². The van der Waals surface area contributed by atoms with Crippen LogP contribution in [0.2, 0.25) is 5.02 Å². The van der Waals surface area contributed by atoms with Gasteiger partial charge in [-0.2, -0.15) is 8.78 Å². The van der Waals surface area contributed by atoms with Crippen LogP contribution in [0.15, 0.2) is 24.3 Å². The standard InChI is InChI=1S/C20H18ClF4NO3/c1-27-15-11-12(21)4-5-14(15)29-20-18(24)16(22)13(17(23)19(20)25)3-2-6-26-7-9-28-10-8-26/h2-5,11H,6-10H2,1H3/b3-2+. The van der Waals surface area contributed by atoms with E-state index in [1.54, 1.807) is 0 Å². The summed E-state index contributed by atoms with van der Waals surface area (Å²) in [5, 5.41) is 0.285. The molecule has 3 rings (SSSR count). The van der Waals surface area contributed by atoms with Crippen molar-refractivity contribution >= 4 is 17.7 Å². The average Bonchev–Trinajstić information content (AvgIpc) is 2.73. The highest BCUT2D eigenvalue weighted by Gasteiger charge is 2.26. The fraction of sp³-hybridized carbons (Fsp3) is 0.300. The van der Waals surface area contributed by atoms with Crippen LogP contribution >= 0.6 is 11.6 Å². The van der Waals surface area contributed by atoms with Gasteiger partial charge in [0.25, 0.3) is 0 Å². The lowest BCUT2D eigenvalue weighted by Gasteiger charge is -2.25. The van der Waals surface area contributed by atoms with Gasteiger partial charge in [0.15, 0.2) is 23.1 Å². The molecule has 9 heteroatoms. The second-order valence-electron chi connectivity index (χ2n) is 6.21. The first-order valence-corrected chi connectivity index (χ1v) is 9.14. The minimum Gasteiger partial charge on any atom is -0.493 e. The quantitative estimate of drug-likeness (QED) is 0.473. The molecule has 156 valence electrons. The van der Waals surface area contributed by atoms with Gasteiger partial charge in [-0.05, 0) is 12.1 Å². The maximum atomic E-state index is 14.5. The summed E-state index contributed by atoms with van der Waals surface area (Å²) in [4.78, 5) is 1.98. The summed E-state index contributed by atoms with van der Waals surface area (Å²) in [6.45, 7) is 2.80. The zero-order valence-electron chi connectivity index (χ0n) is 15.5. The summed E-state index contributed by atoms with van der Waals surface area (Å²) < 4.78 is 73.0. The SMILES string of the molecule is COc1cc(Cl)ccc1Oc1c(F)c(F)c(/C=C/CN2CCOCC2)c(F)c1F. The molecule has 0 radical (unpaired) electrons. The van der Waals surface area contributed by atoms with Gasteiger partial charge in [-0.1, -0.05) is 23.8 Å². The molecule has 1 aliphatic heterocycles. The second-order valence-corrected chi connectivity index (χ2v) is 6.65. The van der Waals surface area contributed by atoms with Crippen molar-refractivity contribution in [3.63, 3.8) is 0 Å². The molecule has 0 atom stereocenters. The Morgan fingerprint density at radius 2 is 1.69 bits per heavy atom. The van der Waals surface area contributed by atoms with E-state index in [-0.39, 0.29) is 16.5 Å². The third kappa shape index (κ3) is 4.83. The highest BCUT2D eigenvalue weighted by Crippen LogP contribution is 2.38. The molecule has 29 heavy (non-hydrogen) atoms. The van der Waals surface area contributed by atoms with Crippen LogP contribution in [0, 0.1) is 23.3 Å². The van der Waals surface area contributed by atoms with E-state index in [0.29, 0.717) is 32.8 Å². The van der Waals surface area contributed by atoms with Crippen LogP contribution in [0.5, 0.6) is 17.2 Å². The molecule has 0 spiro atoms. The van der Waals surface area contributed by atoms with E-state index in [1.807, 2.05) is 4.90 Å². The van der Waals surface area contributed by atoms with Gasteiger partial charge in [-0.3, -0.25) is 4.90 Å². The zero-order valence-corrected chi connectivity index (χ0v) is 16.2. The van der Waals surface area contributed by atoms with Gasteiger partial charge in [0.05, 0.1) is 25.9 Å². The Hall–Kier alpha value is -2.29. The van der Waals surface area contributed by atoms with Crippen LogP contribution in [0.3, 0.4) is 0 Å². The smallest absolute Gasteiger partial charge is 0.205 e. The predicted octanol–water partition coefficient (Wildman–Crippen LogP) is 5.04. The molecular weight excluding hydrogens is 414 g/mol. The molecule has 1 heterocycles. The molecular formula is C20H18ClF4NO3. The molecule has 1 saturated heterocycles. The van der Waals surface area contributed by atoms with Crippen LogP contribution < -0.4 is 9.47 Å². The third-order valence-electron chi connectivity index (χ3n) is 4.35. The molecule has 0 saturated carbocycles. The molecule has 0 bridgehead atoms. The minimum absolute atomic E-state index is 0.0478. The molecule has 2 aromatic carbocycles. The van der Waals surface area contributed by atoms with Crippen LogP contribution in [0.1, 0.15) is 5.56 Å². The van der Waals surface area contributed by atoms with Gasteiger partial charge in [0.2, 0.25) is 17.4 Å². The first-order valence-electron chi connectivity index (χ1n) is 8.76. The monoisotopic (exact) mass is 431 g/mol. The van der Waals surface area contributed by atoms with Gasteiger partial charge in [0.1, 0.15) is 0 Å². The van der Waals surface area contributed by atoms with E-state index >= 15 is 0 Å². The zero-order chi connectivity index (χ0) is 21.0. The van der Waals surface area contributed by atoms with Gasteiger partial charge in [-0.15, -0.1) is 0 Å². The predicted molar refractivity (Wildman–Crippen MR) is 101 cm³/mol. The number of methoxy groups -OCH3 is 1. The third-order valence-corrected chi connectivity index (χ3v) is 4.58. The fourth-order valence-electron chi connectivity index (χ4n) is 2.80. The lowest BCUT2D eigenvalue weighted by atomic mass is 10.1. The number of hydrogen-bond acceptors (Lipinski definition) is 4. The first kappa shape index (κ1) is 21.4. The van der Waals surface area contributed by atoms with E-state index in [9.17, 15) is 17.6 Å². The average molecular weight is 432 g/mol. The van der Waals surface area contributed by atoms with Crippen LogP contribution in [0.4, 0.5) is 17.6 Å². The van der Waals surface area contributed by atoms with E-state index < -0.39 is 34.6 Å². The van der Waals surface area contributed by atoms with E-state index in [1.165, 1.54) is 31.4 Å². The summed E-state index contributed by atoms with van der Waals surface area (Å²) >= 11 is 5.82. The van der Waals surface area contributed by atoms with Crippen molar-refractivity contribution in [1.29, 1.82) is 0 Å². The maximum Gasteiger partial charge on any atom is 0.205 e. The van der Waals surface area contributed by atoms with Crippen molar-refractivity contribution < 1.29 is 31.8 Å². The lowest BCUT2D eigenvalue weighted by Crippen LogP contribution is -2.36. The summed E-state index contributed by atoms with van der Waals surface area (Å²) in [5.74, 6) is -7.70. The number of nitrogens with zero attached hydrogens (tertiary/aromatic N) is 1. The van der Waals surface area contributed by atoms with Gasteiger partial charge >= 0.3 is 0 Å². The number of morpholine rings is 1. The number of ether oxygens (including phenoxy) is 3. The van der Waals surface area contributed by atoms with Crippen molar-refractivity contribution in [2.75, 3.05) is 40.0 Å². The Balaban J connectivity index is 1.87. The molecule has 0 amide bonds. The first-order chi connectivity index (χ1) is 13.9. The Kier molecular flexibility index (Phi) is 7.00. The molecule has 2 aromatic rings. The van der Waals surface area contributed by atoms with Crippen molar-refractivity contribution in [2.24, 2.45) is 0 Å². The van der Waals surface area contributed by atoms with Crippen LogP contribution in [-0.4, -0.2) is 44.9 Å². The lowest BCUT2D eigenvalue weighted by molar-refractivity contribution is 0.0435. The van der Waals surface area contributed by atoms with Crippen molar-refractivity contribution in [3.8, 4) is 17.2 Å². The highest BCUT2D eigenvalue weighted by molar-refractivity contribution is 6.30. The van der Waals surface area contributed by atoms with Gasteiger partial charge < -0.3 is 14.2 Å². The van der Waals surface area contributed by atoms with Gasteiger partial charge in [-0.25, -0.2) is 8.78 Å². The highest BCUT2D eigenvalue weighted by atomic mass is 35.5. The van der Waals surface area contributed by atoms with E-state index in [4.69, 9.17) is 25.8 Å². The molecule has 0 aliphatic carbocycles. The van der Waals surface area contributed by atoms with Crippen molar-refractivity contribution in [3.05, 3.63) is 58.1 Å². The van der Waals surface area contributed by atoms with E-state index in [0.717, 1.165) is 6.08 Å². The Bertz CT molecular complexity index is 888. The summed E-state index contributed by atoms with van der Waals surface area (Å²) in [7, 11) is 1.29. The van der Waals surface area contributed by atoms with Gasteiger partial charge in [0, 0.05) is 30.7 Å². The Morgan fingerprint density at radius 3 is 2.31 bits per heavy atom. The normalized spacial score (nSPS) is 15.1. The second kappa shape index (κ2) is 9.47. The largest absolute Gasteiger partial charge is 0.493 e. The molecule has 1 aliphatic rings. The van der Waals surface area contributed by atoms with Crippen LogP contribution in [0.25, 0.3) is 6.08 Å². The summed E-state index contributed by atoms with van der Waals surface area (Å²) in [5.41, 5.74) is -0.816. The maximum absolute atomic E-state index is 14.5. The number of hydrogen-bond donors (Lipinski definition) is 0. The summed E-state index contributed by atoms with van der Waals surface area (Å²) in [6.07, 6.45) is 2.45. The topological polar surface area (TPSA) is 30.9 Å². The molecule has 1 fully saturated rings. The Morgan fingerprint density at radius 1 is 1.03 bits per heavy atom. The van der Waals surface area contributed by atoms with Crippen molar-refractivity contribution in [2.45, 2.75) is 0 Å². The van der Waals surface area contributed by atoms with Crippen molar-refractivity contribution in [1.82, 2.24) is 4.90 Å². The number of halogens is 5. The molecule has 4 nitrogen and oxygen atoms in total. The minimum atomic E-state index is -1.65. The van der Waals surface area contributed by atoms with E-state index in [2.05, 4.69) is 0 Å².